The molecule has 3 rings (SSSR count). The van der Waals surface area contributed by atoms with E-state index in [2.05, 4.69) is 31.0 Å². The third-order valence-electron chi connectivity index (χ3n) is 5.65. The zero-order chi connectivity index (χ0) is 17.6. The molecule has 0 radical (unpaired) electrons. The molecule has 0 aliphatic heterocycles. The van der Waals surface area contributed by atoms with E-state index in [-0.39, 0.29) is 5.82 Å². The van der Waals surface area contributed by atoms with Gasteiger partial charge in [-0.15, -0.1) is 0 Å². The minimum absolute atomic E-state index is 0.135. The number of pyridine rings is 1. The highest BCUT2D eigenvalue weighted by atomic mass is 19.1. The molecule has 0 unspecified atom stereocenters. The number of nitrogens with zero attached hydrogens (tertiary/aromatic N) is 1. The van der Waals surface area contributed by atoms with Crippen molar-refractivity contribution < 1.29 is 4.39 Å². The van der Waals surface area contributed by atoms with Gasteiger partial charge < -0.3 is 0 Å². The van der Waals surface area contributed by atoms with Crippen molar-refractivity contribution >= 4 is 0 Å². The largest absolute Gasteiger partial charge is 0.256 e. The maximum Gasteiger partial charge on any atom is 0.132 e. The average molecular weight is 339 g/mol. The van der Waals surface area contributed by atoms with Crippen molar-refractivity contribution in [1.29, 1.82) is 0 Å². The van der Waals surface area contributed by atoms with Crippen LogP contribution in [0.5, 0.6) is 0 Å². The summed E-state index contributed by atoms with van der Waals surface area (Å²) >= 11 is 0. The lowest BCUT2D eigenvalue weighted by Crippen LogP contribution is -2.13. The number of aromatic nitrogens is 1. The molecule has 1 fully saturated rings. The van der Waals surface area contributed by atoms with Crippen molar-refractivity contribution in [2.75, 3.05) is 0 Å². The first kappa shape index (κ1) is 18.1. The molecule has 0 atom stereocenters. The van der Waals surface area contributed by atoms with Crippen molar-refractivity contribution in [2.45, 2.75) is 71.1 Å². The van der Waals surface area contributed by atoms with E-state index in [1.165, 1.54) is 49.7 Å². The molecule has 0 N–H and O–H groups in total. The number of hydrogen-bond acceptors (Lipinski definition) is 1. The monoisotopic (exact) mass is 339 g/mol. The molecule has 0 bridgehead atoms. The smallest absolute Gasteiger partial charge is 0.132 e. The van der Waals surface area contributed by atoms with Gasteiger partial charge in [-0.05, 0) is 73.3 Å². The summed E-state index contributed by atoms with van der Waals surface area (Å²) in [5, 5.41) is 0. The normalized spacial score (nSPS) is 20.6. The summed E-state index contributed by atoms with van der Waals surface area (Å²) in [5.74, 6) is 1.27. The fourth-order valence-corrected chi connectivity index (χ4v) is 4.21. The Hall–Kier alpha value is -1.70. The fraction of sp³-hybridized carbons (Fsp3) is 0.522. The van der Waals surface area contributed by atoms with Crippen LogP contribution in [0.15, 0.2) is 36.5 Å². The molecule has 1 aliphatic rings. The molecule has 25 heavy (non-hydrogen) atoms. The van der Waals surface area contributed by atoms with E-state index >= 15 is 0 Å². The Bertz CT molecular complexity index is 669. The maximum absolute atomic E-state index is 14.7. The minimum atomic E-state index is -0.135. The second kappa shape index (κ2) is 8.60. The number of benzene rings is 1. The summed E-state index contributed by atoms with van der Waals surface area (Å²) in [6, 6.07) is 9.80. The first-order valence-electron chi connectivity index (χ1n) is 9.96. The Kier molecular flexibility index (Phi) is 6.23. The molecular formula is C23H30FN. The lowest BCUT2D eigenvalue weighted by Gasteiger charge is -2.28. The van der Waals surface area contributed by atoms with Crippen LogP contribution in [0.2, 0.25) is 0 Å². The van der Waals surface area contributed by atoms with Crippen LogP contribution < -0.4 is 0 Å². The van der Waals surface area contributed by atoms with Gasteiger partial charge in [0.15, 0.2) is 0 Å². The zero-order valence-electron chi connectivity index (χ0n) is 15.6. The molecule has 0 amide bonds. The van der Waals surface area contributed by atoms with E-state index in [1.807, 2.05) is 18.3 Å². The molecule has 134 valence electrons. The molecule has 1 aliphatic carbocycles. The molecule has 0 saturated heterocycles. The highest BCUT2D eigenvalue weighted by Gasteiger charge is 2.22. The Morgan fingerprint density at radius 1 is 1.00 bits per heavy atom. The van der Waals surface area contributed by atoms with Crippen LogP contribution in [-0.4, -0.2) is 4.98 Å². The molecule has 1 aromatic heterocycles. The lowest BCUT2D eigenvalue weighted by atomic mass is 9.77. The van der Waals surface area contributed by atoms with Gasteiger partial charge in [-0.3, -0.25) is 4.98 Å². The van der Waals surface area contributed by atoms with Gasteiger partial charge in [0.1, 0.15) is 5.82 Å². The van der Waals surface area contributed by atoms with Crippen LogP contribution in [0.4, 0.5) is 4.39 Å². The van der Waals surface area contributed by atoms with Gasteiger partial charge in [-0.1, -0.05) is 45.2 Å². The van der Waals surface area contributed by atoms with Crippen molar-refractivity contribution in [1.82, 2.24) is 4.98 Å². The Morgan fingerprint density at radius 3 is 2.40 bits per heavy atom. The molecule has 1 heterocycles. The second-order valence-corrected chi connectivity index (χ2v) is 7.55. The molecule has 1 aromatic carbocycles. The third kappa shape index (κ3) is 4.48. The average Bonchev–Trinajstić information content (AvgIpc) is 2.64. The quantitative estimate of drug-likeness (QED) is 0.557. The van der Waals surface area contributed by atoms with Crippen LogP contribution in [0, 0.1) is 11.7 Å². The topological polar surface area (TPSA) is 12.9 Å². The fourth-order valence-electron chi connectivity index (χ4n) is 4.21. The molecule has 2 heteroatoms. The summed E-state index contributed by atoms with van der Waals surface area (Å²) < 4.78 is 14.7. The summed E-state index contributed by atoms with van der Waals surface area (Å²) in [7, 11) is 0. The van der Waals surface area contributed by atoms with Crippen LogP contribution >= 0.6 is 0 Å². The first-order chi connectivity index (χ1) is 12.2. The predicted octanol–water partition coefficient (Wildman–Crippen LogP) is 6.91. The number of halogens is 1. The van der Waals surface area contributed by atoms with Crippen molar-refractivity contribution in [2.24, 2.45) is 5.92 Å². The summed E-state index contributed by atoms with van der Waals surface area (Å²) in [5.41, 5.74) is 3.73. The Labute approximate surface area is 151 Å². The summed E-state index contributed by atoms with van der Waals surface area (Å²) in [6.07, 6.45) is 11.6. The van der Waals surface area contributed by atoms with Crippen LogP contribution in [0.3, 0.4) is 0 Å². The molecular weight excluding hydrogens is 309 g/mol. The minimum Gasteiger partial charge on any atom is -0.256 e. The van der Waals surface area contributed by atoms with E-state index in [0.717, 1.165) is 24.5 Å². The lowest BCUT2D eigenvalue weighted by molar-refractivity contribution is 0.308. The standard InChI is InChI=1S/C23H30FN/c1-3-5-17-7-10-19(11-8-17)20-12-13-21(22(24)15-20)23-14-9-18(6-4-2)16-25-23/h9,12-17,19H,3-8,10-11H2,1-2H3/t17-,19-. The summed E-state index contributed by atoms with van der Waals surface area (Å²) in [4.78, 5) is 4.46. The van der Waals surface area contributed by atoms with E-state index < -0.39 is 0 Å². The van der Waals surface area contributed by atoms with Crippen LogP contribution in [0.1, 0.15) is 75.8 Å². The van der Waals surface area contributed by atoms with Crippen LogP contribution in [-0.2, 0) is 6.42 Å². The maximum atomic E-state index is 14.7. The van der Waals surface area contributed by atoms with Gasteiger partial charge in [-0.2, -0.15) is 0 Å². The van der Waals surface area contributed by atoms with E-state index in [0.29, 0.717) is 11.5 Å². The van der Waals surface area contributed by atoms with Crippen LogP contribution in [0.25, 0.3) is 11.3 Å². The van der Waals surface area contributed by atoms with E-state index in [1.54, 1.807) is 6.07 Å². The first-order valence-corrected chi connectivity index (χ1v) is 9.96. The molecule has 0 spiro atoms. The van der Waals surface area contributed by atoms with E-state index in [9.17, 15) is 4.39 Å². The van der Waals surface area contributed by atoms with Gasteiger partial charge in [0.25, 0.3) is 0 Å². The predicted molar refractivity (Wildman–Crippen MR) is 103 cm³/mol. The van der Waals surface area contributed by atoms with E-state index in [4.69, 9.17) is 0 Å². The van der Waals surface area contributed by atoms with Crippen molar-refractivity contribution in [3.63, 3.8) is 0 Å². The van der Waals surface area contributed by atoms with Gasteiger partial charge in [0, 0.05) is 11.8 Å². The SMILES string of the molecule is CCCc1ccc(-c2ccc([C@H]3CC[C@H](CCC)CC3)cc2F)nc1. The summed E-state index contributed by atoms with van der Waals surface area (Å²) in [6.45, 7) is 4.42. The Balaban J connectivity index is 1.71. The number of hydrogen-bond donors (Lipinski definition) is 0. The number of rotatable bonds is 6. The second-order valence-electron chi connectivity index (χ2n) is 7.55. The van der Waals surface area contributed by atoms with Gasteiger partial charge in [-0.25, -0.2) is 4.39 Å². The van der Waals surface area contributed by atoms with Gasteiger partial charge in [0.05, 0.1) is 5.69 Å². The molecule has 1 saturated carbocycles. The third-order valence-corrected chi connectivity index (χ3v) is 5.65. The number of aryl methyl sites for hydroxylation is 1. The zero-order valence-corrected chi connectivity index (χ0v) is 15.6. The molecule has 1 nitrogen and oxygen atoms in total. The highest BCUT2D eigenvalue weighted by Crippen LogP contribution is 2.38. The van der Waals surface area contributed by atoms with Crippen molar-refractivity contribution in [3.8, 4) is 11.3 Å². The molecule has 2 aromatic rings. The van der Waals surface area contributed by atoms with Crippen molar-refractivity contribution in [3.05, 3.63) is 53.5 Å². The highest BCUT2D eigenvalue weighted by molar-refractivity contribution is 5.60. The van der Waals surface area contributed by atoms with Gasteiger partial charge in [0.2, 0.25) is 0 Å². The van der Waals surface area contributed by atoms with Gasteiger partial charge >= 0.3 is 0 Å². The Morgan fingerprint density at radius 2 is 1.80 bits per heavy atom.